The quantitative estimate of drug-likeness (QED) is 0.848. The molecule has 0 spiro atoms. The average molecular weight is 264 g/mol. The summed E-state index contributed by atoms with van der Waals surface area (Å²) in [4.78, 5) is 4.86. The average Bonchev–Trinajstić information content (AvgIpc) is 2.68. The molecule has 2 unspecified atom stereocenters. The Bertz CT molecular complexity index is 446. The van der Waals surface area contributed by atoms with Crippen LogP contribution in [0.3, 0.4) is 0 Å². The number of anilines is 1. The van der Waals surface area contributed by atoms with Crippen molar-refractivity contribution in [1.29, 1.82) is 0 Å². The molecule has 5 heteroatoms. The Kier molecular flexibility index (Phi) is 3.33. The molecule has 0 aromatic carbocycles. The van der Waals surface area contributed by atoms with Crippen LogP contribution < -0.4 is 5.32 Å². The summed E-state index contributed by atoms with van der Waals surface area (Å²) in [5, 5.41) is 8.83. The lowest BCUT2D eigenvalue weighted by Gasteiger charge is -2.32. The molecule has 4 nitrogen and oxygen atoms in total. The van der Waals surface area contributed by atoms with Crippen LogP contribution in [0.25, 0.3) is 0 Å². The second-order valence-electron chi connectivity index (χ2n) is 5.28. The van der Waals surface area contributed by atoms with Crippen molar-refractivity contribution in [3.05, 3.63) is 11.8 Å². The van der Waals surface area contributed by atoms with Crippen LogP contribution in [0.2, 0.25) is 0 Å². The number of thioether (sulfide) groups is 1. The minimum Gasteiger partial charge on any atom is -0.318 e. The van der Waals surface area contributed by atoms with Crippen molar-refractivity contribution >= 4 is 22.7 Å². The molecule has 1 aliphatic heterocycles. The third-order valence-electron chi connectivity index (χ3n) is 3.93. The number of aliphatic imine (C=N–C) groups is 1. The lowest BCUT2D eigenvalue weighted by atomic mass is 9.86. The normalized spacial score (nSPS) is 27.6. The summed E-state index contributed by atoms with van der Waals surface area (Å²) in [6.45, 7) is 2.06. The van der Waals surface area contributed by atoms with Crippen LogP contribution in [-0.2, 0) is 7.05 Å². The Balaban J connectivity index is 1.71. The van der Waals surface area contributed by atoms with Crippen LogP contribution in [-0.4, -0.2) is 26.7 Å². The molecule has 3 rings (SSSR count). The van der Waals surface area contributed by atoms with E-state index in [4.69, 9.17) is 4.99 Å². The van der Waals surface area contributed by atoms with Gasteiger partial charge in [-0.05, 0) is 25.7 Å². The number of aryl methyl sites for hydroxylation is 2. The van der Waals surface area contributed by atoms with E-state index in [-0.39, 0.29) is 0 Å². The zero-order chi connectivity index (χ0) is 12.5. The van der Waals surface area contributed by atoms with Crippen molar-refractivity contribution in [2.45, 2.75) is 38.6 Å². The highest BCUT2D eigenvalue weighted by atomic mass is 32.2. The van der Waals surface area contributed by atoms with E-state index >= 15 is 0 Å². The van der Waals surface area contributed by atoms with Gasteiger partial charge in [0.1, 0.15) is 0 Å². The maximum absolute atomic E-state index is 4.86. The van der Waals surface area contributed by atoms with Crippen molar-refractivity contribution < 1.29 is 0 Å². The van der Waals surface area contributed by atoms with Gasteiger partial charge in [0.2, 0.25) is 0 Å². The van der Waals surface area contributed by atoms with E-state index in [1.54, 1.807) is 0 Å². The molecule has 0 amide bonds. The molecule has 1 fully saturated rings. The van der Waals surface area contributed by atoms with Crippen molar-refractivity contribution in [3.63, 3.8) is 0 Å². The largest absolute Gasteiger partial charge is 0.318 e. The zero-order valence-corrected chi connectivity index (χ0v) is 11.8. The van der Waals surface area contributed by atoms with Gasteiger partial charge in [0.25, 0.3) is 0 Å². The molecule has 0 bridgehead atoms. The summed E-state index contributed by atoms with van der Waals surface area (Å²) < 4.78 is 1.89. The third-order valence-corrected chi connectivity index (χ3v) is 5.01. The lowest BCUT2D eigenvalue weighted by Crippen LogP contribution is -2.31. The molecule has 18 heavy (non-hydrogen) atoms. The second kappa shape index (κ2) is 4.96. The monoisotopic (exact) mass is 264 g/mol. The van der Waals surface area contributed by atoms with E-state index < -0.39 is 0 Å². The Morgan fingerprint density at radius 1 is 1.39 bits per heavy atom. The fraction of sp³-hybridized carbons (Fsp3) is 0.692. The molecule has 2 heterocycles. The summed E-state index contributed by atoms with van der Waals surface area (Å²) in [6.07, 6.45) is 5.35. The van der Waals surface area contributed by atoms with E-state index in [2.05, 4.69) is 23.4 Å². The highest BCUT2D eigenvalue weighted by Gasteiger charge is 2.29. The summed E-state index contributed by atoms with van der Waals surface area (Å²) in [7, 11) is 1.97. The number of fused-ring (bicyclic) bond motifs is 1. The van der Waals surface area contributed by atoms with Crippen LogP contribution in [0.5, 0.6) is 0 Å². The molecular formula is C13H20N4S. The van der Waals surface area contributed by atoms with Crippen LogP contribution >= 0.6 is 11.8 Å². The summed E-state index contributed by atoms with van der Waals surface area (Å²) in [5.41, 5.74) is 1.16. The van der Waals surface area contributed by atoms with Gasteiger partial charge in [-0.15, -0.1) is 0 Å². The van der Waals surface area contributed by atoms with Crippen LogP contribution in [0.4, 0.5) is 5.82 Å². The first-order valence-corrected chi connectivity index (χ1v) is 7.69. The van der Waals surface area contributed by atoms with E-state index in [0.29, 0.717) is 6.04 Å². The number of rotatable bonds is 1. The van der Waals surface area contributed by atoms with Crippen molar-refractivity contribution in [2.75, 3.05) is 11.1 Å². The Labute approximate surface area is 112 Å². The van der Waals surface area contributed by atoms with Gasteiger partial charge in [0, 0.05) is 24.6 Å². The minimum atomic E-state index is 0.548. The van der Waals surface area contributed by atoms with E-state index in [0.717, 1.165) is 22.6 Å². The summed E-state index contributed by atoms with van der Waals surface area (Å²) in [5.74, 6) is 2.93. The maximum Gasteiger partial charge on any atom is 0.162 e. The van der Waals surface area contributed by atoms with Gasteiger partial charge in [0.05, 0.1) is 6.04 Å². The third kappa shape index (κ3) is 2.41. The summed E-state index contributed by atoms with van der Waals surface area (Å²) >= 11 is 1.85. The molecule has 1 aromatic rings. The molecule has 98 valence electrons. The van der Waals surface area contributed by atoms with Gasteiger partial charge in [0.15, 0.2) is 11.0 Å². The van der Waals surface area contributed by atoms with Gasteiger partial charge in [-0.25, -0.2) is 0 Å². The predicted octanol–water partition coefficient (Wildman–Crippen LogP) is 2.80. The first-order chi connectivity index (χ1) is 8.72. The predicted molar refractivity (Wildman–Crippen MR) is 77.2 cm³/mol. The molecule has 2 aliphatic rings. The van der Waals surface area contributed by atoms with Gasteiger partial charge in [-0.3, -0.25) is 9.67 Å². The van der Waals surface area contributed by atoms with Crippen molar-refractivity contribution in [2.24, 2.45) is 18.0 Å². The summed E-state index contributed by atoms with van der Waals surface area (Å²) in [6, 6.07) is 2.61. The van der Waals surface area contributed by atoms with Gasteiger partial charge >= 0.3 is 0 Å². The number of amidine groups is 1. The molecule has 0 saturated heterocycles. The van der Waals surface area contributed by atoms with Crippen LogP contribution in [0, 0.1) is 12.8 Å². The standard InChI is InChI=1S/C13H20N4S/c1-9-7-12(16-17(9)2)15-13-14-11-6-4-3-5-10(11)8-18-13/h7,10-11H,3-6,8H2,1-2H3,(H,14,15,16). The number of nitrogens with one attached hydrogen (secondary N) is 1. The van der Waals surface area contributed by atoms with Gasteiger partial charge in [-0.2, -0.15) is 5.10 Å². The highest BCUT2D eigenvalue weighted by molar-refractivity contribution is 8.14. The Morgan fingerprint density at radius 3 is 3.00 bits per heavy atom. The number of hydrogen-bond acceptors (Lipinski definition) is 4. The number of aromatic nitrogens is 2. The highest BCUT2D eigenvalue weighted by Crippen LogP contribution is 2.34. The molecule has 0 radical (unpaired) electrons. The van der Waals surface area contributed by atoms with Crippen molar-refractivity contribution in [3.8, 4) is 0 Å². The molecule has 1 aliphatic carbocycles. The first-order valence-electron chi connectivity index (χ1n) is 6.70. The molecule has 2 atom stereocenters. The SMILES string of the molecule is Cc1cc(NC2=NC3CCCCC3CS2)nn1C. The topological polar surface area (TPSA) is 42.2 Å². The molecule has 1 aromatic heterocycles. The fourth-order valence-corrected chi connectivity index (χ4v) is 3.87. The maximum atomic E-state index is 4.86. The molecule has 1 N–H and O–H groups in total. The Morgan fingerprint density at radius 2 is 2.22 bits per heavy atom. The first kappa shape index (κ1) is 12.1. The molecular weight excluding hydrogens is 244 g/mol. The van der Waals surface area contributed by atoms with Crippen molar-refractivity contribution in [1.82, 2.24) is 9.78 Å². The Hall–Kier alpha value is -0.970. The lowest BCUT2D eigenvalue weighted by molar-refractivity contribution is 0.336. The zero-order valence-electron chi connectivity index (χ0n) is 11.0. The molecule has 1 saturated carbocycles. The number of hydrogen-bond donors (Lipinski definition) is 1. The van der Waals surface area contributed by atoms with Crippen LogP contribution in [0.1, 0.15) is 31.4 Å². The van der Waals surface area contributed by atoms with Gasteiger partial charge < -0.3 is 5.32 Å². The van der Waals surface area contributed by atoms with E-state index in [1.165, 1.54) is 31.4 Å². The minimum absolute atomic E-state index is 0.548. The van der Waals surface area contributed by atoms with E-state index in [1.807, 2.05) is 23.5 Å². The number of nitrogens with zero attached hydrogens (tertiary/aromatic N) is 3. The van der Waals surface area contributed by atoms with Crippen LogP contribution in [0.15, 0.2) is 11.1 Å². The smallest absolute Gasteiger partial charge is 0.162 e. The van der Waals surface area contributed by atoms with E-state index in [9.17, 15) is 0 Å². The van der Waals surface area contributed by atoms with Gasteiger partial charge in [-0.1, -0.05) is 24.6 Å². The fourth-order valence-electron chi connectivity index (χ4n) is 2.73. The second-order valence-corrected chi connectivity index (χ2v) is 6.29.